The lowest BCUT2D eigenvalue weighted by Crippen LogP contribution is -2.35. The van der Waals surface area contributed by atoms with Crippen LogP contribution in [0.25, 0.3) is 0 Å². The van der Waals surface area contributed by atoms with Gasteiger partial charge in [0.15, 0.2) is 0 Å². The van der Waals surface area contributed by atoms with Gasteiger partial charge in [0.1, 0.15) is 5.82 Å². The van der Waals surface area contributed by atoms with Crippen LogP contribution in [0.5, 0.6) is 0 Å². The number of likely N-dealkylation sites (tertiary alicyclic amines) is 1. The van der Waals surface area contributed by atoms with E-state index in [9.17, 15) is 14.0 Å². The first-order valence-corrected chi connectivity index (χ1v) is 7.00. The zero-order valence-electron chi connectivity index (χ0n) is 11.2. The maximum Gasteiger partial charge on any atom is 0.228 e. The normalized spacial score (nSPS) is 22.6. The van der Waals surface area contributed by atoms with Crippen molar-refractivity contribution >= 4 is 17.5 Å². The number of nitrogens with zero attached hydrogens (tertiary/aromatic N) is 2. The van der Waals surface area contributed by atoms with Crippen molar-refractivity contribution in [3.8, 4) is 0 Å². The Morgan fingerprint density at radius 1 is 1.15 bits per heavy atom. The molecule has 1 atom stereocenters. The van der Waals surface area contributed by atoms with E-state index < -0.39 is 0 Å². The Hall–Kier alpha value is -1.91. The molecule has 5 heteroatoms. The number of halogens is 1. The summed E-state index contributed by atoms with van der Waals surface area (Å²) in [6, 6.07) is 5.82. The second-order valence-electron chi connectivity index (χ2n) is 5.41. The molecule has 1 aromatic rings. The van der Waals surface area contributed by atoms with Crippen LogP contribution in [0, 0.1) is 11.7 Å². The zero-order valence-corrected chi connectivity index (χ0v) is 11.2. The average Bonchev–Trinajstić information content (AvgIpc) is 3.08. The van der Waals surface area contributed by atoms with E-state index in [2.05, 4.69) is 0 Å². The molecular formula is C15H17FN2O2. The van der Waals surface area contributed by atoms with Crippen LogP contribution in [0.15, 0.2) is 24.3 Å². The molecule has 0 saturated carbocycles. The smallest absolute Gasteiger partial charge is 0.228 e. The second kappa shape index (κ2) is 5.23. The lowest BCUT2D eigenvalue weighted by Gasteiger charge is -2.20. The van der Waals surface area contributed by atoms with E-state index in [4.69, 9.17) is 0 Å². The average molecular weight is 276 g/mol. The molecule has 2 fully saturated rings. The van der Waals surface area contributed by atoms with Gasteiger partial charge in [-0.05, 0) is 37.1 Å². The minimum atomic E-state index is -0.329. The van der Waals surface area contributed by atoms with Crippen LogP contribution in [0.1, 0.15) is 19.3 Å². The van der Waals surface area contributed by atoms with Gasteiger partial charge in [0.2, 0.25) is 11.8 Å². The summed E-state index contributed by atoms with van der Waals surface area (Å²) < 4.78 is 12.9. The summed E-state index contributed by atoms with van der Waals surface area (Å²) in [6.07, 6.45) is 2.36. The first-order chi connectivity index (χ1) is 9.65. The van der Waals surface area contributed by atoms with Gasteiger partial charge in [-0.1, -0.05) is 0 Å². The molecule has 0 spiro atoms. The molecule has 0 radical (unpaired) electrons. The monoisotopic (exact) mass is 276 g/mol. The lowest BCUT2D eigenvalue weighted by atomic mass is 10.1. The molecular weight excluding hydrogens is 259 g/mol. The van der Waals surface area contributed by atoms with Gasteiger partial charge in [-0.3, -0.25) is 9.59 Å². The first kappa shape index (κ1) is 13.1. The molecule has 4 nitrogen and oxygen atoms in total. The van der Waals surface area contributed by atoms with Gasteiger partial charge < -0.3 is 9.80 Å². The van der Waals surface area contributed by atoms with Crippen molar-refractivity contribution in [2.45, 2.75) is 19.3 Å². The molecule has 0 aromatic heterocycles. The summed E-state index contributed by atoms with van der Waals surface area (Å²) in [5, 5.41) is 0. The highest BCUT2D eigenvalue weighted by molar-refractivity contribution is 6.00. The molecule has 0 N–H and O–H groups in total. The summed E-state index contributed by atoms with van der Waals surface area (Å²) in [5.41, 5.74) is 0.660. The van der Waals surface area contributed by atoms with Crippen LogP contribution in [-0.2, 0) is 9.59 Å². The Labute approximate surface area is 117 Å². The van der Waals surface area contributed by atoms with E-state index in [1.165, 1.54) is 12.1 Å². The third-order valence-corrected chi connectivity index (χ3v) is 4.03. The van der Waals surface area contributed by atoms with E-state index in [1.54, 1.807) is 17.0 Å². The molecule has 1 aromatic carbocycles. The largest absolute Gasteiger partial charge is 0.342 e. The molecule has 2 saturated heterocycles. The molecule has 0 aliphatic carbocycles. The first-order valence-electron chi connectivity index (χ1n) is 7.00. The lowest BCUT2D eigenvalue weighted by molar-refractivity contribution is -0.134. The van der Waals surface area contributed by atoms with E-state index in [0.717, 1.165) is 25.9 Å². The van der Waals surface area contributed by atoms with Gasteiger partial charge in [-0.2, -0.15) is 0 Å². The van der Waals surface area contributed by atoms with E-state index in [-0.39, 0.29) is 30.0 Å². The quantitative estimate of drug-likeness (QED) is 0.826. The van der Waals surface area contributed by atoms with Crippen molar-refractivity contribution in [2.75, 3.05) is 24.5 Å². The fourth-order valence-electron chi connectivity index (χ4n) is 2.94. The molecule has 3 rings (SSSR count). The molecule has 0 bridgehead atoms. The van der Waals surface area contributed by atoms with Crippen LogP contribution in [0.3, 0.4) is 0 Å². The van der Waals surface area contributed by atoms with Crippen molar-refractivity contribution in [1.29, 1.82) is 0 Å². The van der Waals surface area contributed by atoms with Gasteiger partial charge in [-0.15, -0.1) is 0 Å². The Morgan fingerprint density at radius 3 is 2.45 bits per heavy atom. The Bertz CT molecular complexity index is 523. The molecule has 20 heavy (non-hydrogen) atoms. The van der Waals surface area contributed by atoms with Crippen molar-refractivity contribution in [3.05, 3.63) is 30.1 Å². The summed E-state index contributed by atoms with van der Waals surface area (Å²) >= 11 is 0. The summed E-state index contributed by atoms with van der Waals surface area (Å²) in [5.74, 6) is -0.564. The van der Waals surface area contributed by atoms with E-state index in [1.807, 2.05) is 4.90 Å². The van der Waals surface area contributed by atoms with Crippen molar-refractivity contribution in [2.24, 2.45) is 5.92 Å². The third-order valence-electron chi connectivity index (χ3n) is 4.03. The number of anilines is 1. The van der Waals surface area contributed by atoms with E-state index >= 15 is 0 Å². The number of hydrogen-bond acceptors (Lipinski definition) is 2. The van der Waals surface area contributed by atoms with Crippen molar-refractivity contribution in [3.63, 3.8) is 0 Å². The molecule has 0 unspecified atom stereocenters. The SMILES string of the molecule is O=C([C@H]1CC(=O)N(c2ccc(F)cc2)C1)N1CCCC1. The van der Waals surface area contributed by atoms with Crippen LogP contribution >= 0.6 is 0 Å². The van der Waals surface area contributed by atoms with Crippen LogP contribution in [0.4, 0.5) is 10.1 Å². The topological polar surface area (TPSA) is 40.6 Å². The van der Waals surface area contributed by atoms with Crippen molar-refractivity contribution in [1.82, 2.24) is 4.90 Å². The van der Waals surface area contributed by atoms with Gasteiger partial charge in [-0.25, -0.2) is 4.39 Å². The molecule has 2 heterocycles. The van der Waals surface area contributed by atoms with Crippen LogP contribution in [-0.4, -0.2) is 36.3 Å². The standard InChI is InChI=1S/C15H17FN2O2/c16-12-3-5-13(6-4-12)18-10-11(9-14(18)19)15(20)17-7-1-2-8-17/h3-6,11H,1-2,7-10H2/t11-/m0/s1. The number of carbonyl (C=O) groups is 2. The van der Waals surface area contributed by atoms with Crippen LogP contribution in [0.2, 0.25) is 0 Å². The molecule has 2 amide bonds. The second-order valence-corrected chi connectivity index (χ2v) is 5.41. The number of hydrogen-bond donors (Lipinski definition) is 0. The van der Waals surface area contributed by atoms with Crippen molar-refractivity contribution < 1.29 is 14.0 Å². The Balaban J connectivity index is 1.71. The summed E-state index contributed by atoms with van der Waals surface area (Å²) in [7, 11) is 0. The number of carbonyl (C=O) groups excluding carboxylic acids is 2. The fraction of sp³-hybridized carbons (Fsp3) is 0.467. The van der Waals surface area contributed by atoms with Crippen LogP contribution < -0.4 is 4.90 Å². The Morgan fingerprint density at radius 2 is 1.80 bits per heavy atom. The molecule has 106 valence electrons. The third kappa shape index (κ3) is 2.40. The molecule has 2 aliphatic rings. The predicted octanol–water partition coefficient (Wildman–Crippen LogP) is 1.80. The van der Waals surface area contributed by atoms with Gasteiger partial charge in [0, 0.05) is 31.7 Å². The summed E-state index contributed by atoms with van der Waals surface area (Å²) in [6.45, 7) is 2.01. The maximum atomic E-state index is 12.9. The van der Waals surface area contributed by atoms with Gasteiger partial charge in [0.05, 0.1) is 5.92 Å². The fourth-order valence-corrected chi connectivity index (χ4v) is 2.94. The van der Waals surface area contributed by atoms with Gasteiger partial charge in [0.25, 0.3) is 0 Å². The minimum absolute atomic E-state index is 0.0610. The van der Waals surface area contributed by atoms with E-state index in [0.29, 0.717) is 12.2 Å². The maximum absolute atomic E-state index is 12.9. The predicted molar refractivity (Wildman–Crippen MR) is 72.7 cm³/mol. The number of benzene rings is 1. The molecule has 2 aliphatic heterocycles. The van der Waals surface area contributed by atoms with Gasteiger partial charge >= 0.3 is 0 Å². The Kier molecular flexibility index (Phi) is 3.42. The minimum Gasteiger partial charge on any atom is -0.342 e. The highest BCUT2D eigenvalue weighted by Crippen LogP contribution is 2.27. The highest BCUT2D eigenvalue weighted by Gasteiger charge is 2.37. The number of rotatable bonds is 2. The number of amides is 2. The summed E-state index contributed by atoms with van der Waals surface area (Å²) in [4.78, 5) is 27.8. The highest BCUT2D eigenvalue weighted by atomic mass is 19.1. The zero-order chi connectivity index (χ0) is 14.1.